The van der Waals surface area contributed by atoms with Crippen molar-refractivity contribution in [2.45, 2.75) is 26.4 Å². The first-order valence-corrected chi connectivity index (χ1v) is 5.20. The minimum absolute atomic E-state index is 0.287. The molecule has 0 aliphatic carbocycles. The maximum Gasteiger partial charge on any atom is 0.0879 e. The van der Waals surface area contributed by atoms with Gasteiger partial charge >= 0.3 is 0 Å². The van der Waals surface area contributed by atoms with Gasteiger partial charge in [0.2, 0.25) is 0 Å². The van der Waals surface area contributed by atoms with Gasteiger partial charge in [-0.05, 0) is 35.3 Å². The van der Waals surface area contributed by atoms with Crippen molar-refractivity contribution < 1.29 is 5.11 Å². The van der Waals surface area contributed by atoms with E-state index in [-0.39, 0.29) is 6.10 Å². The minimum Gasteiger partial charge on any atom is -0.388 e. The Kier molecular flexibility index (Phi) is 3.10. The number of hydrogen-bond donors (Lipinski definition) is 1. The maximum absolute atomic E-state index is 9.46. The molecule has 1 heterocycles. The largest absolute Gasteiger partial charge is 0.388 e. The van der Waals surface area contributed by atoms with Crippen LogP contribution in [0.5, 0.6) is 0 Å². The number of thiophene rings is 1. The summed E-state index contributed by atoms with van der Waals surface area (Å²) in [6, 6.07) is 1.99. The van der Waals surface area contributed by atoms with E-state index < -0.39 is 0 Å². The van der Waals surface area contributed by atoms with Crippen molar-refractivity contribution in [2.24, 2.45) is 0 Å². The van der Waals surface area contributed by atoms with E-state index in [0.29, 0.717) is 0 Å². The molecule has 62 valence electrons. The molecule has 1 aromatic rings. The highest BCUT2D eigenvalue weighted by Crippen LogP contribution is 2.31. The minimum atomic E-state index is -0.287. The third kappa shape index (κ3) is 2.04. The number of aliphatic hydroxyl groups excluding tert-OH is 1. The fourth-order valence-electron chi connectivity index (χ4n) is 0.847. The highest BCUT2D eigenvalue weighted by molar-refractivity contribution is 9.10. The Bertz CT molecular complexity index is 225. The smallest absolute Gasteiger partial charge is 0.0879 e. The normalized spacial score (nSPS) is 13.5. The van der Waals surface area contributed by atoms with E-state index in [2.05, 4.69) is 15.9 Å². The van der Waals surface area contributed by atoms with E-state index in [1.54, 1.807) is 11.3 Å². The zero-order valence-electron chi connectivity index (χ0n) is 6.60. The first-order valence-electron chi connectivity index (χ1n) is 3.59. The van der Waals surface area contributed by atoms with Crippen molar-refractivity contribution in [3.05, 3.63) is 20.3 Å². The van der Waals surface area contributed by atoms with Crippen LogP contribution in [0.25, 0.3) is 0 Å². The van der Waals surface area contributed by atoms with Gasteiger partial charge in [0.15, 0.2) is 0 Å². The SMILES string of the molecule is CC[C@@H](O)c1cc(Br)c(C)s1. The lowest BCUT2D eigenvalue weighted by atomic mass is 10.2. The molecule has 1 N–H and O–H groups in total. The molecule has 0 bridgehead atoms. The van der Waals surface area contributed by atoms with Crippen molar-refractivity contribution in [3.8, 4) is 0 Å². The molecular weight excluding hydrogens is 224 g/mol. The van der Waals surface area contributed by atoms with Gasteiger partial charge in [0, 0.05) is 14.2 Å². The van der Waals surface area contributed by atoms with Gasteiger partial charge in [-0.3, -0.25) is 0 Å². The second-order valence-electron chi connectivity index (χ2n) is 2.48. The lowest BCUT2D eigenvalue weighted by Crippen LogP contribution is -1.89. The number of halogens is 1. The predicted molar refractivity (Wildman–Crippen MR) is 52.0 cm³/mol. The quantitative estimate of drug-likeness (QED) is 0.834. The second kappa shape index (κ2) is 3.70. The van der Waals surface area contributed by atoms with Gasteiger partial charge in [-0.1, -0.05) is 6.92 Å². The van der Waals surface area contributed by atoms with Crippen LogP contribution < -0.4 is 0 Å². The summed E-state index contributed by atoms with van der Waals surface area (Å²) >= 11 is 5.06. The lowest BCUT2D eigenvalue weighted by molar-refractivity contribution is 0.177. The van der Waals surface area contributed by atoms with Crippen molar-refractivity contribution in [3.63, 3.8) is 0 Å². The molecular formula is C8H11BrOS. The van der Waals surface area contributed by atoms with Gasteiger partial charge in [0.25, 0.3) is 0 Å². The topological polar surface area (TPSA) is 20.2 Å². The molecule has 0 radical (unpaired) electrons. The molecule has 1 nitrogen and oxygen atoms in total. The van der Waals surface area contributed by atoms with Gasteiger partial charge in [-0.2, -0.15) is 0 Å². The van der Waals surface area contributed by atoms with Crippen LogP contribution in [0.3, 0.4) is 0 Å². The molecule has 0 aliphatic heterocycles. The number of hydrogen-bond acceptors (Lipinski definition) is 2. The molecule has 0 saturated heterocycles. The molecule has 11 heavy (non-hydrogen) atoms. The summed E-state index contributed by atoms with van der Waals surface area (Å²) in [5, 5.41) is 9.46. The standard InChI is InChI=1S/C8H11BrOS/c1-3-7(10)8-4-6(9)5(2)11-8/h4,7,10H,3H2,1-2H3/t7-/m1/s1. The Morgan fingerprint density at radius 1 is 1.73 bits per heavy atom. The van der Waals surface area contributed by atoms with Crippen LogP contribution in [0.15, 0.2) is 10.5 Å². The predicted octanol–water partition coefficient (Wildman–Crippen LogP) is 3.26. The number of aryl methyl sites for hydroxylation is 1. The summed E-state index contributed by atoms with van der Waals surface area (Å²) in [5.41, 5.74) is 0. The van der Waals surface area contributed by atoms with Crippen LogP contribution in [-0.2, 0) is 0 Å². The van der Waals surface area contributed by atoms with Gasteiger partial charge in [-0.25, -0.2) is 0 Å². The summed E-state index contributed by atoms with van der Waals surface area (Å²) in [6.45, 7) is 4.02. The third-order valence-corrected chi connectivity index (χ3v) is 3.83. The highest BCUT2D eigenvalue weighted by Gasteiger charge is 2.09. The summed E-state index contributed by atoms with van der Waals surface area (Å²) in [5.74, 6) is 0. The molecule has 0 spiro atoms. The summed E-state index contributed by atoms with van der Waals surface area (Å²) in [4.78, 5) is 2.28. The van der Waals surface area contributed by atoms with Gasteiger partial charge in [0.05, 0.1) is 6.10 Å². The first-order chi connectivity index (χ1) is 5.15. The van der Waals surface area contributed by atoms with Crippen molar-refractivity contribution >= 4 is 27.3 Å². The first kappa shape index (κ1) is 9.23. The van der Waals surface area contributed by atoms with Crippen LogP contribution in [-0.4, -0.2) is 5.11 Å². The van der Waals surface area contributed by atoms with Crippen LogP contribution in [0, 0.1) is 6.92 Å². The molecule has 0 aliphatic rings. The molecule has 0 unspecified atom stereocenters. The molecule has 3 heteroatoms. The monoisotopic (exact) mass is 234 g/mol. The van der Waals surface area contributed by atoms with Gasteiger partial charge in [-0.15, -0.1) is 11.3 Å². The molecule has 1 aromatic heterocycles. The summed E-state index contributed by atoms with van der Waals surface area (Å²) in [6.07, 6.45) is 0.497. The van der Waals surface area contributed by atoms with E-state index in [1.807, 2.05) is 19.9 Å². The van der Waals surface area contributed by atoms with Crippen LogP contribution in [0.4, 0.5) is 0 Å². The molecule has 0 amide bonds. The zero-order chi connectivity index (χ0) is 8.43. The molecule has 1 rings (SSSR count). The maximum atomic E-state index is 9.46. The van der Waals surface area contributed by atoms with E-state index >= 15 is 0 Å². The van der Waals surface area contributed by atoms with Gasteiger partial charge in [0.1, 0.15) is 0 Å². The van der Waals surface area contributed by atoms with E-state index in [4.69, 9.17) is 0 Å². The van der Waals surface area contributed by atoms with Crippen LogP contribution in [0.2, 0.25) is 0 Å². The zero-order valence-corrected chi connectivity index (χ0v) is 9.00. The Morgan fingerprint density at radius 3 is 2.73 bits per heavy atom. The fourth-order valence-corrected chi connectivity index (χ4v) is 2.48. The van der Waals surface area contributed by atoms with Crippen molar-refractivity contribution in [1.82, 2.24) is 0 Å². The Morgan fingerprint density at radius 2 is 2.36 bits per heavy atom. The fraction of sp³-hybridized carbons (Fsp3) is 0.500. The summed E-state index contributed by atoms with van der Waals surface area (Å²) < 4.78 is 1.10. The molecule has 0 fully saturated rings. The van der Waals surface area contributed by atoms with E-state index in [9.17, 15) is 5.11 Å². The van der Waals surface area contributed by atoms with Crippen LogP contribution in [0.1, 0.15) is 29.2 Å². The third-order valence-electron chi connectivity index (χ3n) is 1.59. The van der Waals surface area contributed by atoms with Crippen molar-refractivity contribution in [1.29, 1.82) is 0 Å². The van der Waals surface area contributed by atoms with Gasteiger partial charge < -0.3 is 5.11 Å². The van der Waals surface area contributed by atoms with E-state index in [1.165, 1.54) is 4.88 Å². The Labute approximate surface area is 79.2 Å². The Balaban J connectivity index is 2.88. The average Bonchev–Trinajstić information content (AvgIpc) is 2.31. The van der Waals surface area contributed by atoms with Crippen LogP contribution >= 0.6 is 27.3 Å². The van der Waals surface area contributed by atoms with Crippen molar-refractivity contribution in [2.75, 3.05) is 0 Å². The van der Waals surface area contributed by atoms with E-state index in [0.717, 1.165) is 15.8 Å². The molecule has 1 atom stereocenters. The number of rotatable bonds is 2. The lowest BCUT2D eigenvalue weighted by Gasteiger charge is -2.01. The highest BCUT2D eigenvalue weighted by atomic mass is 79.9. The number of aliphatic hydroxyl groups is 1. The second-order valence-corrected chi connectivity index (χ2v) is 4.62. The summed E-state index contributed by atoms with van der Waals surface area (Å²) in [7, 11) is 0. The molecule has 0 saturated carbocycles. The molecule has 0 aromatic carbocycles. The Hall–Kier alpha value is 0.140. The average molecular weight is 235 g/mol.